The minimum atomic E-state index is -3.65. The van der Waals surface area contributed by atoms with Gasteiger partial charge in [-0.2, -0.15) is 0 Å². The maximum absolute atomic E-state index is 12.3. The van der Waals surface area contributed by atoms with E-state index in [1.807, 2.05) is 19.9 Å². The van der Waals surface area contributed by atoms with Gasteiger partial charge in [0.25, 0.3) is 0 Å². The molecular weight excluding hydrogens is 380 g/mol. The molecule has 0 aromatic heterocycles. The molecule has 0 aliphatic carbocycles. The van der Waals surface area contributed by atoms with Crippen LogP contribution >= 0.6 is 0 Å². The maximum atomic E-state index is 12.3. The summed E-state index contributed by atoms with van der Waals surface area (Å²) in [5, 5.41) is 2.76. The number of carbonyl (C=O) groups is 1. The number of sulfonamides is 1. The van der Waals surface area contributed by atoms with Crippen LogP contribution in [-0.4, -0.2) is 35.1 Å². The third-order valence-corrected chi connectivity index (χ3v) is 5.85. The van der Waals surface area contributed by atoms with Gasteiger partial charge in [0.05, 0.1) is 19.1 Å². The molecule has 7 nitrogen and oxygen atoms in total. The fraction of sp³-hybridized carbons (Fsp3) is 0.350. The first kappa shape index (κ1) is 21.7. The van der Waals surface area contributed by atoms with Crippen molar-refractivity contribution in [2.24, 2.45) is 0 Å². The third-order valence-electron chi connectivity index (χ3n) is 4.39. The van der Waals surface area contributed by atoms with Crippen molar-refractivity contribution < 1.29 is 22.7 Å². The highest BCUT2D eigenvalue weighted by atomic mass is 32.2. The Balaban J connectivity index is 1.88. The molecule has 2 aromatic carbocycles. The molecule has 2 rings (SSSR count). The average Bonchev–Trinajstić information content (AvgIpc) is 2.67. The number of nitrogens with one attached hydrogen (secondary N) is 2. The Morgan fingerprint density at radius 3 is 2.43 bits per heavy atom. The highest BCUT2D eigenvalue weighted by molar-refractivity contribution is 7.89. The van der Waals surface area contributed by atoms with Gasteiger partial charge in [-0.15, -0.1) is 0 Å². The second kappa shape index (κ2) is 9.57. The standard InChI is InChI=1S/C20H26N2O5S/c1-14-8-9-17(12-15(14)2)28(24,25)22-11-10-19(23)21-13-16-6-5-7-18(26-3)20(16)27-4/h5-9,12,22H,10-11,13H2,1-4H3,(H,21,23). The van der Waals surface area contributed by atoms with Crippen molar-refractivity contribution >= 4 is 15.9 Å². The molecule has 0 unspecified atom stereocenters. The molecule has 2 N–H and O–H groups in total. The van der Waals surface area contributed by atoms with E-state index in [4.69, 9.17) is 9.47 Å². The first-order chi connectivity index (χ1) is 13.3. The Labute approximate surface area is 166 Å². The van der Waals surface area contributed by atoms with Gasteiger partial charge in [0, 0.05) is 25.1 Å². The van der Waals surface area contributed by atoms with E-state index in [1.54, 1.807) is 37.4 Å². The van der Waals surface area contributed by atoms with E-state index < -0.39 is 10.0 Å². The topological polar surface area (TPSA) is 93.7 Å². The zero-order valence-electron chi connectivity index (χ0n) is 16.5. The molecule has 2 aromatic rings. The summed E-state index contributed by atoms with van der Waals surface area (Å²) in [6, 6.07) is 10.3. The van der Waals surface area contributed by atoms with E-state index in [2.05, 4.69) is 10.0 Å². The normalized spacial score (nSPS) is 11.1. The van der Waals surface area contributed by atoms with Crippen molar-refractivity contribution in [1.82, 2.24) is 10.0 Å². The molecule has 1 amide bonds. The summed E-state index contributed by atoms with van der Waals surface area (Å²) < 4.78 is 37.7. The quantitative estimate of drug-likeness (QED) is 0.667. The summed E-state index contributed by atoms with van der Waals surface area (Å²) in [5.41, 5.74) is 2.69. The first-order valence-corrected chi connectivity index (χ1v) is 10.3. The number of rotatable bonds is 9. The van der Waals surface area contributed by atoms with Crippen LogP contribution in [0.2, 0.25) is 0 Å². The molecule has 8 heteroatoms. The molecule has 0 atom stereocenters. The van der Waals surface area contributed by atoms with Gasteiger partial charge in [0.1, 0.15) is 0 Å². The van der Waals surface area contributed by atoms with Crippen molar-refractivity contribution in [1.29, 1.82) is 0 Å². The smallest absolute Gasteiger partial charge is 0.240 e. The van der Waals surface area contributed by atoms with Crippen molar-refractivity contribution in [3.63, 3.8) is 0 Å². The molecule has 0 heterocycles. The molecule has 0 spiro atoms. The van der Waals surface area contributed by atoms with Gasteiger partial charge in [0.2, 0.25) is 15.9 Å². The van der Waals surface area contributed by atoms with Crippen LogP contribution in [0, 0.1) is 13.8 Å². The number of methoxy groups -OCH3 is 2. The van der Waals surface area contributed by atoms with Crippen LogP contribution < -0.4 is 19.5 Å². The average molecular weight is 407 g/mol. The predicted molar refractivity (Wildman–Crippen MR) is 107 cm³/mol. The van der Waals surface area contributed by atoms with Gasteiger partial charge in [0.15, 0.2) is 11.5 Å². The van der Waals surface area contributed by atoms with Crippen LogP contribution in [0.15, 0.2) is 41.3 Å². The molecule has 152 valence electrons. The van der Waals surface area contributed by atoms with Gasteiger partial charge in [-0.1, -0.05) is 18.2 Å². The lowest BCUT2D eigenvalue weighted by molar-refractivity contribution is -0.121. The number of aryl methyl sites for hydroxylation is 2. The van der Waals surface area contributed by atoms with Crippen LogP contribution in [0.25, 0.3) is 0 Å². The Kier molecular flexibility index (Phi) is 7.42. The minimum Gasteiger partial charge on any atom is -0.493 e. The summed E-state index contributed by atoms with van der Waals surface area (Å²) in [5.74, 6) is 0.865. The molecule has 28 heavy (non-hydrogen) atoms. The van der Waals surface area contributed by atoms with Crippen molar-refractivity contribution in [2.75, 3.05) is 20.8 Å². The van der Waals surface area contributed by atoms with Crippen LogP contribution in [-0.2, 0) is 21.4 Å². The van der Waals surface area contributed by atoms with E-state index in [9.17, 15) is 13.2 Å². The van der Waals surface area contributed by atoms with E-state index in [0.29, 0.717) is 11.5 Å². The third kappa shape index (κ3) is 5.46. The summed E-state index contributed by atoms with van der Waals surface area (Å²) in [6.45, 7) is 4.04. The number of ether oxygens (including phenoxy) is 2. The second-order valence-electron chi connectivity index (χ2n) is 6.32. The predicted octanol–water partition coefficient (Wildman–Crippen LogP) is 2.31. The fourth-order valence-electron chi connectivity index (χ4n) is 2.64. The fourth-order valence-corrected chi connectivity index (χ4v) is 3.76. The molecule has 0 aliphatic heterocycles. The SMILES string of the molecule is COc1cccc(CNC(=O)CCNS(=O)(=O)c2ccc(C)c(C)c2)c1OC. The lowest BCUT2D eigenvalue weighted by atomic mass is 10.1. The molecular formula is C20H26N2O5S. The lowest BCUT2D eigenvalue weighted by Crippen LogP contribution is -2.30. The number of hydrogen-bond acceptors (Lipinski definition) is 5. The van der Waals surface area contributed by atoms with Crippen molar-refractivity contribution in [3.8, 4) is 11.5 Å². The Morgan fingerprint density at radius 2 is 1.79 bits per heavy atom. The Hall–Kier alpha value is -2.58. The van der Waals surface area contributed by atoms with Gasteiger partial charge in [-0.25, -0.2) is 13.1 Å². The highest BCUT2D eigenvalue weighted by Gasteiger charge is 2.15. The minimum absolute atomic E-state index is 0.0103. The van der Waals surface area contributed by atoms with Gasteiger partial charge in [-0.3, -0.25) is 4.79 Å². The highest BCUT2D eigenvalue weighted by Crippen LogP contribution is 2.30. The number of amides is 1. The zero-order chi connectivity index (χ0) is 20.7. The molecule has 0 fully saturated rings. The van der Waals surface area contributed by atoms with Gasteiger partial charge < -0.3 is 14.8 Å². The van der Waals surface area contributed by atoms with Crippen LogP contribution in [0.4, 0.5) is 0 Å². The zero-order valence-corrected chi connectivity index (χ0v) is 17.4. The lowest BCUT2D eigenvalue weighted by Gasteiger charge is -2.13. The van der Waals surface area contributed by atoms with Crippen LogP contribution in [0.5, 0.6) is 11.5 Å². The molecule has 0 saturated carbocycles. The molecule has 0 bridgehead atoms. The summed E-state index contributed by atoms with van der Waals surface area (Å²) in [7, 11) is -0.573. The number of benzene rings is 2. The number of hydrogen-bond donors (Lipinski definition) is 2. The van der Waals surface area contributed by atoms with Crippen molar-refractivity contribution in [2.45, 2.75) is 31.7 Å². The van der Waals surface area contributed by atoms with Gasteiger partial charge in [-0.05, 0) is 43.2 Å². The summed E-state index contributed by atoms with van der Waals surface area (Å²) >= 11 is 0. The number of carbonyl (C=O) groups excluding carboxylic acids is 1. The molecule has 0 radical (unpaired) electrons. The van der Waals surface area contributed by atoms with Crippen molar-refractivity contribution in [3.05, 3.63) is 53.1 Å². The van der Waals surface area contributed by atoms with Gasteiger partial charge >= 0.3 is 0 Å². The number of para-hydroxylation sites is 1. The van der Waals surface area contributed by atoms with E-state index >= 15 is 0 Å². The largest absolute Gasteiger partial charge is 0.493 e. The van der Waals surface area contributed by atoms with E-state index in [-0.39, 0.29) is 30.3 Å². The Morgan fingerprint density at radius 1 is 1.04 bits per heavy atom. The van der Waals surface area contributed by atoms with Crippen LogP contribution in [0.1, 0.15) is 23.1 Å². The molecule has 0 saturated heterocycles. The first-order valence-electron chi connectivity index (χ1n) is 8.82. The molecule has 0 aliphatic rings. The van der Waals surface area contributed by atoms with E-state index in [0.717, 1.165) is 16.7 Å². The summed E-state index contributed by atoms with van der Waals surface area (Å²) in [4.78, 5) is 12.3. The second-order valence-corrected chi connectivity index (χ2v) is 8.09. The van der Waals surface area contributed by atoms with E-state index in [1.165, 1.54) is 7.11 Å². The summed E-state index contributed by atoms with van der Waals surface area (Å²) in [6.07, 6.45) is 0.0242. The monoisotopic (exact) mass is 406 g/mol. The van der Waals surface area contributed by atoms with Crippen LogP contribution in [0.3, 0.4) is 0 Å². The Bertz CT molecular complexity index is 942. The maximum Gasteiger partial charge on any atom is 0.240 e.